The predicted molar refractivity (Wildman–Crippen MR) is 220 cm³/mol. The van der Waals surface area contributed by atoms with Crippen LogP contribution in [0.5, 0.6) is 5.75 Å². The van der Waals surface area contributed by atoms with E-state index in [1.54, 1.807) is 12.4 Å². The molecule has 0 spiro atoms. The first-order valence-electron chi connectivity index (χ1n) is 21.6. The standard InChI is InChI=1S/C44H52N10O5/c1-44(10-11-44)59-28-3-5-35-31(19-28)40(49-48-35)36-20-38(46-25-45-36)53-23-33-32(34(33)24-53)22-51-16-14-50(15-17-51)21-26-8-12-52(13-9-26)27-2-4-29-30(18-27)43(58)54(42(29)57)37-6-7-39(55)47-41(37)56/h2-5,18-20,25-26,32-34,37,39,55H,6-17,21-24H2,1H3,(H,47,56)(H,48,49)/t32?,33-,34+,37?,39?. The summed E-state index contributed by atoms with van der Waals surface area (Å²) in [5.41, 5.74) is 4.25. The number of amides is 3. The number of fused-ring (bicyclic) bond motifs is 3. The molecule has 3 amide bonds. The monoisotopic (exact) mass is 800 g/mol. The molecule has 11 rings (SSSR count). The normalized spacial score (nSPS) is 28.3. The molecule has 15 nitrogen and oxygen atoms in total. The lowest BCUT2D eigenvalue weighted by molar-refractivity contribution is -0.131. The van der Waals surface area contributed by atoms with Gasteiger partial charge in [-0.25, -0.2) is 9.97 Å². The maximum absolute atomic E-state index is 13.4. The second-order valence-corrected chi connectivity index (χ2v) is 18.3. The number of aromatic amines is 1. The molecule has 3 unspecified atom stereocenters. The Kier molecular flexibility index (Phi) is 8.93. The van der Waals surface area contributed by atoms with E-state index >= 15 is 0 Å². The Morgan fingerprint density at radius 1 is 0.814 bits per heavy atom. The summed E-state index contributed by atoms with van der Waals surface area (Å²) in [5.74, 6) is 3.36. The lowest BCUT2D eigenvalue weighted by Crippen LogP contribution is -2.55. The van der Waals surface area contributed by atoms with Crippen molar-refractivity contribution in [3.8, 4) is 17.1 Å². The first-order valence-corrected chi connectivity index (χ1v) is 21.6. The largest absolute Gasteiger partial charge is 0.488 e. The van der Waals surface area contributed by atoms with Gasteiger partial charge in [-0.3, -0.25) is 24.4 Å². The summed E-state index contributed by atoms with van der Waals surface area (Å²) in [6.45, 7) is 12.9. The second kappa shape index (κ2) is 14.3. The molecule has 0 bridgehead atoms. The minimum Gasteiger partial charge on any atom is -0.488 e. The molecule has 15 heteroatoms. The predicted octanol–water partition coefficient (Wildman–Crippen LogP) is 3.36. The van der Waals surface area contributed by atoms with Gasteiger partial charge in [0.1, 0.15) is 41.5 Å². The van der Waals surface area contributed by atoms with Crippen LogP contribution in [0.15, 0.2) is 48.8 Å². The molecular weight excluding hydrogens is 749 g/mol. The molecule has 4 aromatic rings. The highest BCUT2D eigenvalue weighted by molar-refractivity contribution is 6.23. The van der Waals surface area contributed by atoms with Crippen LogP contribution in [0.1, 0.15) is 66.2 Å². The Morgan fingerprint density at radius 2 is 1.56 bits per heavy atom. The van der Waals surface area contributed by atoms with Crippen LogP contribution in [0.4, 0.5) is 11.5 Å². The van der Waals surface area contributed by atoms with Crippen LogP contribution in [0.3, 0.4) is 0 Å². The summed E-state index contributed by atoms with van der Waals surface area (Å²) >= 11 is 0. The van der Waals surface area contributed by atoms with Crippen molar-refractivity contribution in [2.24, 2.45) is 23.7 Å². The summed E-state index contributed by atoms with van der Waals surface area (Å²) in [6, 6.07) is 12.8. The molecule has 2 saturated carbocycles. The van der Waals surface area contributed by atoms with Crippen molar-refractivity contribution in [2.45, 2.75) is 63.3 Å². The highest BCUT2D eigenvalue weighted by Crippen LogP contribution is 2.53. The van der Waals surface area contributed by atoms with Crippen LogP contribution >= 0.6 is 0 Å². The molecule has 7 aliphatic rings. The molecular formula is C44H52N10O5. The third kappa shape index (κ3) is 6.90. The minimum atomic E-state index is -0.941. The topological polar surface area (TPSA) is 163 Å². The number of anilines is 2. The zero-order valence-corrected chi connectivity index (χ0v) is 33.6. The van der Waals surface area contributed by atoms with Crippen molar-refractivity contribution >= 4 is 40.1 Å². The number of rotatable bonds is 10. The van der Waals surface area contributed by atoms with E-state index in [1.807, 2.05) is 24.3 Å². The van der Waals surface area contributed by atoms with E-state index in [4.69, 9.17) is 4.74 Å². The minimum absolute atomic E-state index is 0.0384. The number of benzene rings is 2. The number of hydrogen-bond donors (Lipinski definition) is 3. The number of carbonyl (C=O) groups is 3. The zero-order chi connectivity index (χ0) is 40.0. The van der Waals surface area contributed by atoms with E-state index in [-0.39, 0.29) is 12.0 Å². The number of piperazine rings is 1. The van der Waals surface area contributed by atoms with E-state index in [0.717, 1.165) is 147 Å². The fourth-order valence-electron chi connectivity index (χ4n) is 10.5. The SMILES string of the molecule is CC1(Oc2ccc3[nH]nc(-c4cc(N5C[C@@H]6C(CN7CCN(CC8CCN(c9ccc%10c(c9)C(=O)N(C9CCC(O)NC9=O)C%10=O)CC8)CC7)[C@@H]6C5)ncn4)c3c2)CC1. The number of carbonyl (C=O) groups excluding carboxylic acids is 3. The van der Waals surface area contributed by atoms with Crippen molar-refractivity contribution in [3.05, 3.63) is 59.9 Å². The number of ether oxygens (including phenoxy) is 1. The van der Waals surface area contributed by atoms with Gasteiger partial charge in [-0.1, -0.05) is 0 Å². The summed E-state index contributed by atoms with van der Waals surface area (Å²) < 4.78 is 6.24. The van der Waals surface area contributed by atoms with Crippen molar-refractivity contribution < 1.29 is 24.2 Å². The van der Waals surface area contributed by atoms with Crippen molar-refractivity contribution in [3.63, 3.8) is 0 Å². The number of H-pyrrole nitrogens is 1. The second-order valence-electron chi connectivity index (χ2n) is 18.3. The van der Waals surface area contributed by atoms with Crippen LogP contribution in [-0.4, -0.2) is 141 Å². The molecule has 7 heterocycles. The number of nitrogens with zero attached hydrogens (tertiary/aromatic N) is 8. The van der Waals surface area contributed by atoms with Gasteiger partial charge in [0, 0.05) is 82.6 Å². The Morgan fingerprint density at radius 3 is 2.31 bits per heavy atom. The van der Waals surface area contributed by atoms with E-state index in [0.29, 0.717) is 23.5 Å². The fourth-order valence-corrected chi connectivity index (χ4v) is 10.5. The van der Waals surface area contributed by atoms with Gasteiger partial charge in [0.05, 0.1) is 22.3 Å². The Hall–Kier alpha value is -5.12. The Balaban J connectivity index is 0.630. The zero-order valence-electron chi connectivity index (χ0n) is 33.6. The number of hydrogen-bond acceptors (Lipinski definition) is 12. The Labute approximate surface area is 343 Å². The highest BCUT2D eigenvalue weighted by Gasteiger charge is 2.56. The molecule has 4 saturated heterocycles. The van der Waals surface area contributed by atoms with Gasteiger partial charge in [-0.15, -0.1) is 0 Å². The first-order chi connectivity index (χ1) is 28.7. The molecule has 2 aromatic carbocycles. The highest BCUT2D eigenvalue weighted by atomic mass is 16.5. The number of aromatic nitrogens is 4. The lowest BCUT2D eigenvalue weighted by Gasteiger charge is -2.39. The molecule has 2 aromatic heterocycles. The van der Waals surface area contributed by atoms with E-state index < -0.39 is 30.0 Å². The van der Waals surface area contributed by atoms with Gasteiger partial charge >= 0.3 is 0 Å². The maximum atomic E-state index is 13.4. The summed E-state index contributed by atoms with van der Waals surface area (Å²) in [7, 11) is 0. The van der Waals surface area contributed by atoms with Gasteiger partial charge < -0.3 is 34.8 Å². The van der Waals surface area contributed by atoms with Gasteiger partial charge in [0.2, 0.25) is 5.91 Å². The average Bonchev–Trinajstić information content (AvgIpc) is 3.90. The average molecular weight is 801 g/mol. The third-order valence-electron chi connectivity index (χ3n) is 14.4. The van der Waals surface area contributed by atoms with E-state index in [9.17, 15) is 19.5 Å². The van der Waals surface area contributed by atoms with Crippen molar-refractivity contribution in [2.75, 3.05) is 75.2 Å². The molecule has 6 fully saturated rings. The van der Waals surface area contributed by atoms with Crippen molar-refractivity contribution in [1.29, 1.82) is 0 Å². The smallest absolute Gasteiger partial charge is 0.262 e. The molecule has 2 aliphatic carbocycles. The van der Waals surface area contributed by atoms with Crippen LogP contribution in [0, 0.1) is 23.7 Å². The quantitative estimate of drug-likeness (QED) is 0.201. The lowest BCUT2D eigenvalue weighted by atomic mass is 9.95. The van der Waals surface area contributed by atoms with Gasteiger partial charge in [-0.05, 0) is 106 Å². The summed E-state index contributed by atoms with van der Waals surface area (Å²) in [4.78, 5) is 59.5. The third-order valence-corrected chi connectivity index (χ3v) is 14.4. The van der Waals surface area contributed by atoms with Gasteiger partial charge in [0.15, 0.2) is 0 Å². The number of imide groups is 1. The first kappa shape index (κ1) is 36.9. The molecule has 3 N–H and O–H groups in total. The number of aliphatic hydroxyl groups is 1. The van der Waals surface area contributed by atoms with Crippen LogP contribution < -0.4 is 19.9 Å². The summed E-state index contributed by atoms with van der Waals surface area (Å²) in [5, 5.41) is 21.0. The summed E-state index contributed by atoms with van der Waals surface area (Å²) in [6.07, 6.45) is 5.65. The molecule has 59 heavy (non-hydrogen) atoms. The Bertz CT molecular complexity index is 2300. The molecule has 5 aliphatic heterocycles. The maximum Gasteiger partial charge on any atom is 0.262 e. The number of aliphatic hydroxyl groups excluding tert-OH is 1. The van der Waals surface area contributed by atoms with Gasteiger partial charge in [-0.2, -0.15) is 5.10 Å². The van der Waals surface area contributed by atoms with Crippen LogP contribution in [0.25, 0.3) is 22.3 Å². The van der Waals surface area contributed by atoms with Crippen molar-refractivity contribution in [1.82, 2.24) is 40.2 Å². The molecule has 308 valence electrons. The van der Waals surface area contributed by atoms with Crippen LogP contribution in [-0.2, 0) is 4.79 Å². The molecule has 5 atom stereocenters. The molecule has 0 radical (unpaired) electrons. The number of nitrogens with one attached hydrogen (secondary N) is 2. The van der Waals surface area contributed by atoms with Crippen LogP contribution in [0.2, 0.25) is 0 Å². The van der Waals surface area contributed by atoms with E-state index in [1.165, 1.54) is 6.54 Å². The van der Waals surface area contributed by atoms with Gasteiger partial charge in [0.25, 0.3) is 11.8 Å². The fraction of sp³-hybridized carbons (Fsp3) is 0.545. The number of piperidine rings is 3. The van der Waals surface area contributed by atoms with E-state index in [2.05, 4.69) is 64.1 Å².